The molecule has 0 aliphatic rings. The first-order valence-electron chi connectivity index (χ1n) is 5.82. The third-order valence-corrected chi connectivity index (χ3v) is 2.95. The molecule has 0 saturated carbocycles. The van der Waals surface area contributed by atoms with Crippen molar-refractivity contribution in [3.05, 3.63) is 60.9 Å². The molecule has 0 spiro atoms. The monoisotopic (exact) mass is 237 g/mol. The molecule has 2 nitrogen and oxygen atoms in total. The van der Waals surface area contributed by atoms with Crippen molar-refractivity contribution in [2.45, 2.75) is 0 Å². The molecule has 0 aliphatic carbocycles. The van der Waals surface area contributed by atoms with E-state index in [1.54, 1.807) is 13.4 Å². The Morgan fingerprint density at radius 2 is 1.72 bits per heavy atom. The van der Waals surface area contributed by atoms with Gasteiger partial charge in [0.25, 0.3) is 0 Å². The summed E-state index contributed by atoms with van der Waals surface area (Å²) in [5, 5.41) is 1.04. The van der Waals surface area contributed by atoms with Crippen LogP contribution in [0.15, 0.2) is 65.3 Å². The van der Waals surface area contributed by atoms with E-state index in [1.165, 1.54) is 0 Å². The van der Waals surface area contributed by atoms with Gasteiger partial charge in [-0.2, -0.15) is 0 Å². The minimum atomic E-state index is 0.836. The summed E-state index contributed by atoms with van der Waals surface area (Å²) in [6, 6.07) is 18.1. The van der Waals surface area contributed by atoms with Crippen molar-refractivity contribution in [2.75, 3.05) is 7.11 Å². The van der Waals surface area contributed by atoms with Gasteiger partial charge < -0.3 is 4.74 Å². The number of ether oxygens (including phenoxy) is 1. The number of methoxy groups -OCH3 is 1. The number of rotatable bonds is 2. The summed E-state index contributed by atoms with van der Waals surface area (Å²) in [6.07, 6.45) is 1.78. The molecular weight excluding hydrogens is 224 g/mol. The molecule has 0 amide bonds. The van der Waals surface area contributed by atoms with Crippen LogP contribution in [0.5, 0.6) is 5.75 Å². The first kappa shape index (κ1) is 10.8. The minimum absolute atomic E-state index is 0.836. The van der Waals surface area contributed by atoms with Gasteiger partial charge in [-0.15, -0.1) is 0 Å². The quantitative estimate of drug-likeness (QED) is 0.616. The lowest BCUT2D eigenvalue weighted by Gasteiger charge is -1.99. The standard InChI is InChI=1S/C16H13O2/c1-17-15-7-8-16-13(10-15)9-14(11-18-16)12-5-3-2-4-6-12/h2-11H,1H3/q+1. The van der Waals surface area contributed by atoms with Crippen LogP contribution >= 0.6 is 0 Å². The highest BCUT2D eigenvalue weighted by atomic mass is 16.5. The lowest BCUT2D eigenvalue weighted by molar-refractivity contribution is 0.415. The van der Waals surface area contributed by atoms with Crippen molar-refractivity contribution < 1.29 is 9.15 Å². The smallest absolute Gasteiger partial charge is 0.360 e. The largest absolute Gasteiger partial charge is 0.497 e. The maximum Gasteiger partial charge on any atom is 0.360 e. The van der Waals surface area contributed by atoms with Crippen LogP contribution in [0.2, 0.25) is 0 Å². The van der Waals surface area contributed by atoms with Gasteiger partial charge in [0.05, 0.1) is 18.1 Å². The fourth-order valence-electron chi connectivity index (χ4n) is 1.98. The lowest BCUT2D eigenvalue weighted by Crippen LogP contribution is -1.83. The summed E-state index contributed by atoms with van der Waals surface area (Å²) in [4.78, 5) is 0. The van der Waals surface area contributed by atoms with E-state index < -0.39 is 0 Å². The Hall–Kier alpha value is -2.35. The van der Waals surface area contributed by atoms with Crippen molar-refractivity contribution >= 4 is 11.0 Å². The molecule has 0 fully saturated rings. The Morgan fingerprint density at radius 1 is 0.889 bits per heavy atom. The van der Waals surface area contributed by atoms with E-state index in [2.05, 4.69) is 18.2 Å². The average Bonchev–Trinajstić information content (AvgIpc) is 2.47. The van der Waals surface area contributed by atoms with Gasteiger partial charge in [0.2, 0.25) is 0 Å². The molecule has 0 bridgehead atoms. The van der Waals surface area contributed by atoms with Crippen molar-refractivity contribution in [3.8, 4) is 16.9 Å². The van der Waals surface area contributed by atoms with Gasteiger partial charge in [-0.3, -0.25) is 0 Å². The van der Waals surface area contributed by atoms with E-state index in [0.29, 0.717) is 0 Å². The van der Waals surface area contributed by atoms with E-state index in [1.807, 2.05) is 36.4 Å². The van der Waals surface area contributed by atoms with Crippen LogP contribution in [0.4, 0.5) is 0 Å². The van der Waals surface area contributed by atoms with Crippen LogP contribution in [0.25, 0.3) is 22.1 Å². The van der Waals surface area contributed by atoms with Gasteiger partial charge in [0.1, 0.15) is 5.75 Å². The minimum Gasteiger partial charge on any atom is -0.497 e. The van der Waals surface area contributed by atoms with Crippen LogP contribution in [0.3, 0.4) is 0 Å². The second-order valence-corrected chi connectivity index (χ2v) is 4.11. The Morgan fingerprint density at radius 3 is 2.50 bits per heavy atom. The Balaban J connectivity index is 2.15. The number of hydrogen-bond donors (Lipinski definition) is 0. The molecule has 1 heterocycles. The average molecular weight is 237 g/mol. The summed E-state index contributed by atoms with van der Waals surface area (Å²) in [7, 11) is 1.67. The van der Waals surface area contributed by atoms with Crippen LogP contribution in [-0.2, 0) is 0 Å². The first-order chi connectivity index (χ1) is 8.86. The summed E-state index contributed by atoms with van der Waals surface area (Å²) in [5.41, 5.74) is 3.07. The lowest BCUT2D eigenvalue weighted by atomic mass is 10.1. The second kappa shape index (κ2) is 4.49. The molecule has 2 heteroatoms. The van der Waals surface area contributed by atoms with E-state index in [9.17, 15) is 0 Å². The number of fused-ring (bicyclic) bond motifs is 1. The summed E-state index contributed by atoms with van der Waals surface area (Å²) in [6.45, 7) is 0. The molecule has 0 saturated heterocycles. The molecule has 0 atom stereocenters. The Labute approximate surface area is 105 Å². The highest BCUT2D eigenvalue weighted by molar-refractivity contribution is 5.82. The third-order valence-electron chi connectivity index (χ3n) is 2.95. The molecule has 0 aliphatic heterocycles. The Bertz CT molecular complexity index is 675. The van der Waals surface area contributed by atoms with Gasteiger partial charge >= 0.3 is 11.8 Å². The zero-order valence-electron chi connectivity index (χ0n) is 10.1. The van der Waals surface area contributed by atoms with Crippen molar-refractivity contribution in [1.29, 1.82) is 0 Å². The summed E-state index contributed by atoms with van der Waals surface area (Å²) < 4.78 is 10.9. The van der Waals surface area contributed by atoms with Gasteiger partial charge in [-0.1, -0.05) is 30.3 Å². The molecule has 0 radical (unpaired) electrons. The zero-order valence-corrected chi connectivity index (χ0v) is 10.1. The molecular formula is C16H13O2+. The summed E-state index contributed by atoms with van der Waals surface area (Å²) >= 11 is 0. The van der Waals surface area contributed by atoms with Gasteiger partial charge in [0.15, 0.2) is 0 Å². The predicted octanol–water partition coefficient (Wildman–Crippen LogP) is 4.39. The summed E-state index contributed by atoms with van der Waals surface area (Å²) in [5.74, 6) is 0.836. The van der Waals surface area contributed by atoms with E-state index in [4.69, 9.17) is 9.15 Å². The van der Waals surface area contributed by atoms with Crippen molar-refractivity contribution in [3.63, 3.8) is 0 Å². The SMILES string of the molecule is COc1ccc2[o+]cc(-c3ccccc3)cc2c1. The molecule has 2 aromatic carbocycles. The van der Waals surface area contributed by atoms with Crippen molar-refractivity contribution in [1.82, 2.24) is 0 Å². The zero-order chi connectivity index (χ0) is 12.4. The van der Waals surface area contributed by atoms with Crippen LogP contribution < -0.4 is 4.74 Å². The molecule has 3 aromatic rings. The van der Waals surface area contributed by atoms with E-state index in [0.717, 1.165) is 27.8 Å². The molecule has 0 N–H and O–H groups in total. The molecule has 88 valence electrons. The van der Waals surface area contributed by atoms with Crippen LogP contribution in [-0.4, -0.2) is 7.11 Å². The predicted molar refractivity (Wildman–Crippen MR) is 72.6 cm³/mol. The van der Waals surface area contributed by atoms with Gasteiger partial charge in [0, 0.05) is 6.07 Å². The van der Waals surface area contributed by atoms with Crippen LogP contribution in [0.1, 0.15) is 0 Å². The number of benzene rings is 2. The Kier molecular flexibility index (Phi) is 2.69. The van der Waals surface area contributed by atoms with Crippen LogP contribution in [0, 0.1) is 0 Å². The maximum absolute atomic E-state index is 5.64. The molecule has 3 rings (SSSR count). The maximum atomic E-state index is 5.64. The highest BCUT2D eigenvalue weighted by Crippen LogP contribution is 2.26. The fourth-order valence-corrected chi connectivity index (χ4v) is 1.98. The third kappa shape index (κ3) is 1.93. The van der Waals surface area contributed by atoms with Gasteiger partial charge in [-0.05, 0) is 23.8 Å². The normalized spacial score (nSPS) is 10.5. The van der Waals surface area contributed by atoms with E-state index in [-0.39, 0.29) is 0 Å². The second-order valence-electron chi connectivity index (χ2n) is 4.11. The highest BCUT2D eigenvalue weighted by Gasteiger charge is 2.10. The van der Waals surface area contributed by atoms with Crippen molar-refractivity contribution in [2.24, 2.45) is 0 Å². The topological polar surface area (TPSA) is 20.5 Å². The number of hydrogen-bond acceptors (Lipinski definition) is 1. The van der Waals surface area contributed by atoms with Gasteiger partial charge in [-0.25, -0.2) is 4.42 Å². The first-order valence-corrected chi connectivity index (χ1v) is 5.82. The van der Waals surface area contributed by atoms with E-state index >= 15 is 0 Å². The molecule has 0 unspecified atom stereocenters. The molecule has 18 heavy (non-hydrogen) atoms. The molecule has 1 aromatic heterocycles. The fraction of sp³-hybridized carbons (Fsp3) is 0.0625.